The number of para-hydroxylation sites is 1. The molecule has 9 heteroatoms. The molecule has 210 valence electrons. The van der Waals surface area contributed by atoms with E-state index < -0.39 is 11.6 Å². The number of aryl methyl sites for hydroxylation is 1. The lowest BCUT2D eigenvalue weighted by Gasteiger charge is -2.40. The van der Waals surface area contributed by atoms with Gasteiger partial charge in [-0.3, -0.25) is 0 Å². The number of likely N-dealkylation sites (tertiary alicyclic amines) is 1. The van der Waals surface area contributed by atoms with Crippen LogP contribution in [0, 0.1) is 5.92 Å². The van der Waals surface area contributed by atoms with Crippen LogP contribution in [0.2, 0.25) is 0 Å². The van der Waals surface area contributed by atoms with Gasteiger partial charge in [0, 0.05) is 38.0 Å². The van der Waals surface area contributed by atoms with Crippen molar-refractivity contribution < 1.29 is 23.8 Å². The van der Waals surface area contributed by atoms with Crippen LogP contribution >= 0.6 is 0 Å². The summed E-state index contributed by atoms with van der Waals surface area (Å²) < 4.78 is 20.7. The Labute approximate surface area is 233 Å². The van der Waals surface area contributed by atoms with E-state index in [2.05, 4.69) is 28.8 Å². The Bertz CT molecular complexity index is 1630. The Kier molecular flexibility index (Phi) is 6.27. The van der Waals surface area contributed by atoms with E-state index >= 15 is 0 Å². The average molecular weight is 545 g/mol. The number of hydrogen-bond donors (Lipinski definition) is 0. The Hall–Kier alpha value is -4.01. The molecule has 1 saturated carbocycles. The quantitative estimate of drug-likeness (QED) is 0.288. The third-order valence-corrected chi connectivity index (χ3v) is 7.87. The van der Waals surface area contributed by atoms with Crippen LogP contribution in [0.15, 0.2) is 36.4 Å². The number of rotatable bonds is 6. The number of nitrogens with zero attached hydrogens (tertiary/aromatic N) is 4. The molecule has 1 aliphatic heterocycles. The summed E-state index contributed by atoms with van der Waals surface area (Å²) in [6.45, 7) is 7.86. The highest BCUT2D eigenvalue weighted by Crippen LogP contribution is 2.41. The van der Waals surface area contributed by atoms with Gasteiger partial charge in [0.05, 0.1) is 36.5 Å². The van der Waals surface area contributed by atoms with Gasteiger partial charge in [-0.2, -0.15) is 0 Å². The van der Waals surface area contributed by atoms with Crippen molar-refractivity contribution in [2.24, 2.45) is 13.0 Å². The lowest BCUT2D eigenvalue weighted by atomic mass is 9.90. The fourth-order valence-corrected chi connectivity index (χ4v) is 5.70. The maximum absolute atomic E-state index is 12.6. The molecule has 1 saturated heterocycles. The summed E-state index contributed by atoms with van der Waals surface area (Å²) >= 11 is 0. The van der Waals surface area contributed by atoms with E-state index in [1.807, 2.05) is 32.4 Å². The first kappa shape index (κ1) is 26.2. The fourth-order valence-electron chi connectivity index (χ4n) is 5.70. The highest BCUT2D eigenvalue weighted by atomic mass is 16.6. The minimum Gasteiger partial charge on any atom is -0.494 e. The second kappa shape index (κ2) is 9.57. The zero-order chi connectivity index (χ0) is 28.3. The molecule has 9 nitrogen and oxygen atoms in total. The molecule has 0 N–H and O–H groups in total. The predicted octanol–water partition coefficient (Wildman–Crippen LogP) is 5.73. The van der Waals surface area contributed by atoms with Gasteiger partial charge in [0.2, 0.25) is 0 Å². The summed E-state index contributed by atoms with van der Waals surface area (Å²) in [5.74, 6) is 1.82. The van der Waals surface area contributed by atoms with Crippen molar-refractivity contribution in [1.82, 2.24) is 19.0 Å². The molecule has 40 heavy (non-hydrogen) atoms. The van der Waals surface area contributed by atoms with E-state index in [-0.39, 0.29) is 12.0 Å². The Morgan fingerprint density at radius 2 is 1.80 bits per heavy atom. The lowest BCUT2D eigenvalue weighted by molar-refractivity contribution is 0.00826. The summed E-state index contributed by atoms with van der Waals surface area (Å²) in [6.07, 6.45) is 2.18. The first-order valence-electron chi connectivity index (χ1n) is 13.8. The molecule has 2 aromatic heterocycles. The first-order valence-corrected chi connectivity index (χ1v) is 13.8. The van der Waals surface area contributed by atoms with E-state index in [9.17, 15) is 9.59 Å². The van der Waals surface area contributed by atoms with E-state index in [1.54, 1.807) is 24.1 Å². The van der Waals surface area contributed by atoms with Crippen molar-refractivity contribution in [2.75, 3.05) is 27.3 Å². The summed E-state index contributed by atoms with van der Waals surface area (Å²) in [5.41, 5.74) is 4.85. The Morgan fingerprint density at radius 1 is 1.05 bits per heavy atom. The van der Waals surface area contributed by atoms with Gasteiger partial charge in [0.25, 0.3) is 0 Å². The molecular weight excluding hydrogens is 508 g/mol. The van der Waals surface area contributed by atoms with Crippen LogP contribution in [0.4, 0.5) is 4.79 Å². The molecule has 0 bridgehead atoms. The molecule has 1 aliphatic carbocycles. The molecule has 4 aromatic rings. The Balaban J connectivity index is 1.43. The van der Waals surface area contributed by atoms with Gasteiger partial charge in [-0.15, -0.1) is 0 Å². The predicted molar refractivity (Wildman–Crippen MR) is 153 cm³/mol. The zero-order valence-electron chi connectivity index (χ0n) is 24.0. The molecule has 3 heterocycles. The van der Waals surface area contributed by atoms with Crippen LogP contribution in [0.25, 0.3) is 33.5 Å². The van der Waals surface area contributed by atoms with Crippen molar-refractivity contribution in [2.45, 2.75) is 51.7 Å². The number of amides is 1. The number of ether oxygens (including phenoxy) is 3. The smallest absolute Gasteiger partial charge is 0.410 e. The fraction of sp³-hybridized carbons (Fsp3) is 0.452. The normalized spacial score (nSPS) is 15.9. The number of carbonyl (C=O) groups excluding carboxylic acids is 2. The number of aromatic nitrogens is 3. The largest absolute Gasteiger partial charge is 0.494 e. The van der Waals surface area contributed by atoms with Gasteiger partial charge in [0.15, 0.2) is 5.82 Å². The second-order valence-electron chi connectivity index (χ2n) is 12.0. The number of carbonyl (C=O) groups is 2. The molecular formula is C31H36N4O5. The maximum Gasteiger partial charge on any atom is 0.410 e. The van der Waals surface area contributed by atoms with Gasteiger partial charge in [-0.25, -0.2) is 14.6 Å². The van der Waals surface area contributed by atoms with Gasteiger partial charge < -0.3 is 28.2 Å². The highest BCUT2D eigenvalue weighted by Gasteiger charge is 2.36. The van der Waals surface area contributed by atoms with Gasteiger partial charge in [-0.1, -0.05) is 18.2 Å². The number of imidazole rings is 1. The minimum absolute atomic E-state index is 0.236. The van der Waals surface area contributed by atoms with E-state index in [0.29, 0.717) is 35.8 Å². The number of benzene rings is 2. The van der Waals surface area contributed by atoms with E-state index in [4.69, 9.17) is 19.2 Å². The average Bonchev–Trinajstić information content (AvgIpc) is 3.54. The second-order valence-corrected chi connectivity index (χ2v) is 12.0. The monoisotopic (exact) mass is 544 g/mol. The SMILES string of the molecule is COC(=O)c1cc(OC)c2c(c1)nc(-c1cc3cccc(C4CN(C(=O)OC(C)(C)C)C4)c3n1CC1CC1)n2C. The van der Waals surface area contributed by atoms with Crippen LogP contribution < -0.4 is 4.74 Å². The first-order chi connectivity index (χ1) is 19.1. The molecule has 0 atom stereocenters. The molecule has 2 aromatic carbocycles. The van der Waals surface area contributed by atoms with Crippen molar-refractivity contribution in [3.05, 3.63) is 47.5 Å². The molecule has 2 aliphatic rings. The van der Waals surface area contributed by atoms with Gasteiger partial charge in [-0.05, 0) is 63.3 Å². The maximum atomic E-state index is 12.6. The Morgan fingerprint density at radius 3 is 2.45 bits per heavy atom. The number of esters is 1. The van der Waals surface area contributed by atoms with Crippen LogP contribution in [-0.4, -0.2) is 64.0 Å². The number of methoxy groups -OCH3 is 2. The highest BCUT2D eigenvalue weighted by molar-refractivity contribution is 5.98. The minimum atomic E-state index is -0.512. The third-order valence-electron chi connectivity index (χ3n) is 7.87. The standard InChI is InChI=1S/C31H36N4O5/c1-31(2,3)40-30(37)34-16-21(17-34)22-9-7-8-19-13-24(35(26(19)22)15-18-10-11-18)28-32-23-12-20(29(36)39-6)14-25(38-5)27(23)33(28)4/h7-9,12-14,18,21H,10-11,15-17H2,1-6H3. The van der Waals surface area contributed by atoms with Crippen LogP contribution in [0.1, 0.15) is 55.5 Å². The lowest BCUT2D eigenvalue weighted by Crippen LogP contribution is -2.50. The van der Waals surface area contributed by atoms with Crippen LogP contribution in [-0.2, 0) is 23.1 Å². The molecule has 0 unspecified atom stereocenters. The van der Waals surface area contributed by atoms with Crippen LogP contribution in [0.5, 0.6) is 5.75 Å². The van der Waals surface area contributed by atoms with Crippen molar-refractivity contribution >= 4 is 34.0 Å². The summed E-state index contributed by atoms with van der Waals surface area (Å²) in [6, 6.07) is 12.1. The summed E-state index contributed by atoms with van der Waals surface area (Å²) in [4.78, 5) is 31.7. The molecule has 0 spiro atoms. The topological polar surface area (TPSA) is 87.8 Å². The molecule has 6 rings (SSSR count). The third kappa shape index (κ3) is 4.57. The van der Waals surface area contributed by atoms with E-state index in [1.165, 1.54) is 31.0 Å². The molecule has 1 amide bonds. The van der Waals surface area contributed by atoms with Crippen LogP contribution in [0.3, 0.4) is 0 Å². The van der Waals surface area contributed by atoms with Crippen molar-refractivity contribution in [1.29, 1.82) is 0 Å². The molecule has 0 radical (unpaired) electrons. The summed E-state index contributed by atoms with van der Waals surface area (Å²) in [5, 5.41) is 1.15. The summed E-state index contributed by atoms with van der Waals surface area (Å²) in [7, 11) is 4.94. The van der Waals surface area contributed by atoms with E-state index in [0.717, 1.165) is 29.0 Å². The van der Waals surface area contributed by atoms with Gasteiger partial charge in [0.1, 0.15) is 16.9 Å². The number of hydrogen-bond acceptors (Lipinski definition) is 6. The van der Waals surface area contributed by atoms with Crippen molar-refractivity contribution in [3.8, 4) is 17.3 Å². The van der Waals surface area contributed by atoms with Gasteiger partial charge >= 0.3 is 12.1 Å². The molecule has 2 fully saturated rings. The zero-order valence-corrected chi connectivity index (χ0v) is 24.0. The van der Waals surface area contributed by atoms with Crippen molar-refractivity contribution in [3.63, 3.8) is 0 Å². The number of fused-ring (bicyclic) bond motifs is 2.